The number of carbonyl (C=O) groups excluding carboxylic acids is 1. The van der Waals surface area contributed by atoms with Crippen molar-refractivity contribution in [3.05, 3.63) is 90.0 Å². The molecule has 37 heavy (non-hydrogen) atoms. The molecule has 11 nitrogen and oxygen atoms in total. The second kappa shape index (κ2) is 11.1. The highest BCUT2D eigenvalue weighted by molar-refractivity contribution is 8.24. The number of β-amino-alcohol motifs (C(OH)–C–C–N with tert-alkyl or cyclic N) is 1. The zero-order chi connectivity index (χ0) is 26.6. The SMILES string of the molecule is N[C@@H](CC(=O)OS(=O)(=O)c1ccccc1)c1ccc(N2C[C@H](O)NS2(O)O)c(OCc2ccccc2)c1. The number of nitrogens with two attached hydrogens (primary N) is 1. The van der Waals surface area contributed by atoms with Crippen LogP contribution in [-0.4, -0.2) is 41.4 Å². The van der Waals surface area contributed by atoms with Crippen molar-refractivity contribution in [1.82, 2.24) is 4.72 Å². The second-order valence-electron chi connectivity index (χ2n) is 8.25. The van der Waals surface area contributed by atoms with Crippen molar-refractivity contribution in [2.75, 3.05) is 10.8 Å². The van der Waals surface area contributed by atoms with Gasteiger partial charge in [0.15, 0.2) is 0 Å². The minimum atomic E-state index is -4.29. The van der Waals surface area contributed by atoms with Crippen molar-refractivity contribution >= 4 is 32.7 Å². The molecule has 0 spiro atoms. The summed E-state index contributed by atoms with van der Waals surface area (Å²) in [5.74, 6) is -0.814. The molecular weight excluding hydrogens is 522 g/mol. The number of nitrogens with one attached hydrogen (secondary N) is 1. The molecule has 2 atom stereocenters. The number of anilines is 1. The normalized spacial score (nSPS) is 18.7. The monoisotopic (exact) mass is 549 g/mol. The Labute approximate surface area is 216 Å². The van der Waals surface area contributed by atoms with Gasteiger partial charge in [0.25, 0.3) is 0 Å². The summed E-state index contributed by atoms with van der Waals surface area (Å²) < 4.78 is 59.6. The molecule has 1 aliphatic rings. The Kier molecular flexibility index (Phi) is 8.04. The summed E-state index contributed by atoms with van der Waals surface area (Å²) in [6.45, 7) is 0.0337. The van der Waals surface area contributed by atoms with Crippen molar-refractivity contribution in [2.24, 2.45) is 5.73 Å². The molecule has 0 aliphatic carbocycles. The molecule has 0 saturated carbocycles. The fourth-order valence-electron chi connectivity index (χ4n) is 3.69. The molecule has 198 valence electrons. The first-order chi connectivity index (χ1) is 17.5. The number of rotatable bonds is 9. The van der Waals surface area contributed by atoms with Gasteiger partial charge in [0.1, 0.15) is 29.2 Å². The van der Waals surface area contributed by atoms with E-state index in [4.69, 9.17) is 14.7 Å². The van der Waals surface area contributed by atoms with Crippen molar-refractivity contribution in [3.8, 4) is 5.75 Å². The van der Waals surface area contributed by atoms with Crippen LogP contribution in [0.15, 0.2) is 83.8 Å². The van der Waals surface area contributed by atoms with Gasteiger partial charge in [0, 0.05) is 6.04 Å². The molecule has 0 amide bonds. The van der Waals surface area contributed by atoms with E-state index in [0.29, 0.717) is 5.56 Å². The minimum absolute atomic E-state index is 0.112. The Morgan fingerprint density at radius 1 is 1.08 bits per heavy atom. The largest absolute Gasteiger partial charge is 0.487 e. The lowest BCUT2D eigenvalue weighted by Crippen LogP contribution is -2.26. The van der Waals surface area contributed by atoms with E-state index in [0.717, 1.165) is 5.56 Å². The number of carbonyl (C=O) groups is 1. The lowest BCUT2D eigenvalue weighted by molar-refractivity contribution is -0.134. The summed E-state index contributed by atoms with van der Waals surface area (Å²) in [5, 5.41) is 9.90. The molecule has 0 unspecified atom stereocenters. The maximum absolute atomic E-state index is 12.4. The first-order valence-corrected chi connectivity index (χ1v) is 14.1. The van der Waals surface area contributed by atoms with E-state index >= 15 is 0 Å². The summed E-state index contributed by atoms with van der Waals surface area (Å²) in [5.41, 5.74) is 7.75. The average Bonchev–Trinajstić information content (AvgIpc) is 3.14. The number of aliphatic hydroxyl groups excluding tert-OH is 1. The summed E-state index contributed by atoms with van der Waals surface area (Å²) in [7, 11) is -7.80. The van der Waals surface area contributed by atoms with Gasteiger partial charge in [-0.3, -0.25) is 18.2 Å². The van der Waals surface area contributed by atoms with Crippen molar-refractivity contribution in [3.63, 3.8) is 0 Å². The van der Waals surface area contributed by atoms with E-state index < -0.39 is 45.7 Å². The van der Waals surface area contributed by atoms with Crippen LogP contribution < -0.4 is 19.5 Å². The van der Waals surface area contributed by atoms with Crippen LogP contribution >= 0.6 is 11.0 Å². The molecule has 0 aromatic heterocycles. The van der Waals surface area contributed by atoms with E-state index in [-0.39, 0.29) is 29.5 Å². The van der Waals surface area contributed by atoms with Gasteiger partial charge in [-0.25, -0.2) is 0 Å². The smallest absolute Gasteiger partial charge is 0.341 e. The fraction of sp³-hybridized carbons (Fsp3) is 0.208. The molecule has 3 aromatic carbocycles. The minimum Gasteiger partial charge on any atom is -0.487 e. The highest BCUT2D eigenvalue weighted by atomic mass is 32.3. The molecule has 1 aliphatic heterocycles. The zero-order valence-electron chi connectivity index (χ0n) is 19.5. The van der Waals surface area contributed by atoms with Crippen LogP contribution in [0, 0.1) is 0 Å². The number of aliphatic hydroxyl groups is 1. The lowest BCUT2D eigenvalue weighted by atomic mass is 10.0. The topological polar surface area (TPSA) is 172 Å². The van der Waals surface area contributed by atoms with E-state index in [9.17, 15) is 27.4 Å². The molecule has 3 aromatic rings. The number of hydrogen-bond acceptors (Lipinski definition) is 11. The fourth-order valence-corrected chi connectivity index (χ4v) is 5.93. The molecule has 1 heterocycles. The van der Waals surface area contributed by atoms with Crippen LogP contribution in [0.2, 0.25) is 0 Å². The molecule has 0 radical (unpaired) electrons. The first-order valence-electron chi connectivity index (χ1n) is 11.1. The highest BCUT2D eigenvalue weighted by Gasteiger charge is 2.36. The lowest BCUT2D eigenvalue weighted by Gasteiger charge is -2.37. The Morgan fingerprint density at radius 2 is 1.73 bits per heavy atom. The van der Waals surface area contributed by atoms with Crippen LogP contribution in [0.3, 0.4) is 0 Å². The third-order valence-electron chi connectivity index (χ3n) is 5.48. The van der Waals surface area contributed by atoms with Gasteiger partial charge in [0.05, 0.1) is 13.0 Å². The average molecular weight is 550 g/mol. The van der Waals surface area contributed by atoms with Crippen molar-refractivity contribution in [2.45, 2.75) is 30.2 Å². The van der Waals surface area contributed by atoms with Gasteiger partial charge in [0.2, 0.25) is 0 Å². The molecule has 6 N–H and O–H groups in total. The van der Waals surface area contributed by atoms with Crippen LogP contribution in [0.5, 0.6) is 5.75 Å². The van der Waals surface area contributed by atoms with Gasteiger partial charge in [-0.1, -0.05) is 65.6 Å². The summed E-state index contributed by atoms with van der Waals surface area (Å²) in [4.78, 5) is 12.2. The van der Waals surface area contributed by atoms with Crippen molar-refractivity contribution < 1.29 is 36.3 Å². The second-order valence-corrected chi connectivity index (χ2v) is 11.5. The van der Waals surface area contributed by atoms with E-state index in [2.05, 4.69) is 4.72 Å². The maximum atomic E-state index is 12.4. The Hall–Kier alpha value is -3.17. The van der Waals surface area contributed by atoms with E-state index in [1.165, 1.54) is 40.7 Å². The van der Waals surface area contributed by atoms with Crippen molar-refractivity contribution in [1.29, 1.82) is 0 Å². The summed E-state index contributed by atoms with van der Waals surface area (Å²) >= 11 is 0. The van der Waals surface area contributed by atoms with Gasteiger partial charge in [-0.2, -0.15) is 13.1 Å². The van der Waals surface area contributed by atoms with E-state index in [1.54, 1.807) is 12.1 Å². The Morgan fingerprint density at radius 3 is 2.35 bits per heavy atom. The van der Waals surface area contributed by atoms with Crippen LogP contribution in [0.25, 0.3) is 0 Å². The molecule has 1 saturated heterocycles. The first kappa shape index (κ1) is 26.9. The maximum Gasteiger partial charge on any atom is 0.341 e. The highest BCUT2D eigenvalue weighted by Crippen LogP contribution is 2.50. The summed E-state index contributed by atoms with van der Waals surface area (Å²) in [6, 6.07) is 20.2. The Balaban J connectivity index is 1.54. The molecular formula is C24H27N3O8S2. The van der Waals surface area contributed by atoms with Crippen LogP contribution in [0.4, 0.5) is 5.69 Å². The number of nitrogens with zero attached hydrogens (tertiary/aromatic N) is 1. The Bertz CT molecular complexity index is 1340. The van der Waals surface area contributed by atoms with Gasteiger partial charge < -0.3 is 19.8 Å². The van der Waals surface area contributed by atoms with Crippen LogP contribution in [0.1, 0.15) is 23.6 Å². The van der Waals surface area contributed by atoms with Crippen LogP contribution in [-0.2, 0) is 25.7 Å². The number of ether oxygens (including phenoxy) is 1. The quantitative estimate of drug-likeness (QED) is 0.249. The molecule has 1 fully saturated rings. The molecule has 13 heteroatoms. The third-order valence-corrected chi connectivity index (χ3v) is 8.28. The van der Waals surface area contributed by atoms with Gasteiger partial charge >= 0.3 is 16.1 Å². The standard InChI is InChI=1S/C24H27N3O8S2/c25-20(14-24(29)35-36(30,31)19-9-5-2-6-10-19)18-11-12-21(27-15-23(28)26-37(27,32)33)22(13-18)34-16-17-7-3-1-4-8-17/h1-13,20,23,26,28,32-33H,14-16,25H2/t20-,23-/m0/s1. The molecule has 4 rings (SSSR count). The third kappa shape index (κ3) is 6.59. The predicted molar refractivity (Wildman–Crippen MR) is 138 cm³/mol. The molecule has 0 bridgehead atoms. The van der Waals surface area contributed by atoms with E-state index in [1.807, 2.05) is 30.3 Å². The summed E-state index contributed by atoms with van der Waals surface area (Å²) in [6.07, 6.45) is -1.61. The number of benzene rings is 3. The predicted octanol–water partition coefficient (Wildman–Crippen LogP) is 2.90. The van der Waals surface area contributed by atoms with Gasteiger partial charge in [-0.15, -0.1) is 0 Å². The number of hydrogen-bond donors (Lipinski definition) is 5. The van der Waals surface area contributed by atoms with Gasteiger partial charge in [-0.05, 0) is 35.4 Å². The zero-order valence-corrected chi connectivity index (χ0v) is 21.1.